The summed E-state index contributed by atoms with van der Waals surface area (Å²) in [7, 11) is 0. The number of nitrogen functional groups attached to an aromatic ring is 1. The lowest BCUT2D eigenvalue weighted by Gasteiger charge is -2.13. The Morgan fingerprint density at radius 1 is 1.05 bits per heavy atom. The standard InChI is InChI=1S/C16H23N5/c1-10(2)14-7-5-13(6-8-14)9-18-15-11(3)16(21-17)20-12(4)19-15/h5-8,10H,9,17H2,1-4H3,(H2,18,19,20,21). The third kappa shape index (κ3) is 3.70. The van der Waals surface area contributed by atoms with Crippen molar-refractivity contribution < 1.29 is 0 Å². The summed E-state index contributed by atoms with van der Waals surface area (Å²) in [4.78, 5) is 8.68. The molecule has 1 aromatic carbocycles. The van der Waals surface area contributed by atoms with Crippen LogP contribution < -0.4 is 16.6 Å². The van der Waals surface area contributed by atoms with Crippen molar-refractivity contribution >= 4 is 11.6 Å². The minimum Gasteiger partial charge on any atom is -0.366 e. The Hall–Kier alpha value is -2.14. The molecular formula is C16H23N5. The first kappa shape index (κ1) is 15.3. The van der Waals surface area contributed by atoms with Gasteiger partial charge >= 0.3 is 0 Å². The van der Waals surface area contributed by atoms with Gasteiger partial charge in [0.05, 0.1) is 0 Å². The zero-order valence-corrected chi connectivity index (χ0v) is 13.1. The molecule has 0 saturated heterocycles. The smallest absolute Gasteiger partial charge is 0.148 e. The Kier molecular flexibility index (Phi) is 4.75. The van der Waals surface area contributed by atoms with Gasteiger partial charge in [0, 0.05) is 12.1 Å². The summed E-state index contributed by atoms with van der Waals surface area (Å²) in [5, 5.41) is 3.35. The van der Waals surface area contributed by atoms with E-state index in [0.717, 1.165) is 17.9 Å². The Morgan fingerprint density at radius 3 is 2.24 bits per heavy atom. The van der Waals surface area contributed by atoms with Crippen molar-refractivity contribution in [3.63, 3.8) is 0 Å². The number of benzene rings is 1. The monoisotopic (exact) mass is 285 g/mol. The van der Waals surface area contributed by atoms with Gasteiger partial charge in [-0.05, 0) is 30.9 Å². The highest BCUT2D eigenvalue weighted by Crippen LogP contribution is 2.20. The highest BCUT2D eigenvalue weighted by Gasteiger charge is 2.08. The zero-order valence-electron chi connectivity index (χ0n) is 13.1. The Balaban J connectivity index is 2.11. The summed E-state index contributed by atoms with van der Waals surface area (Å²) in [5.41, 5.74) is 6.09. The Bertz CT molecular complexity index is 605. The van der Waals surface area contributed by atoms with Crippen LogP contribution >= 0.6 is 0 Å². The number of hydrogen-bond acceptors (Lipinski definition) is 5. The van der Waals surface area contributed by atoms with E-state index in [1.54, 1.807) is 0 Å². The molecule has 0 unspecified atom stereocenters. The van der Waals surface area contributed by atoms with Gasteiger partial charge in [-0.2, -0.15) is 0 Å². The number of aromatic nitrogens is 2. The first-order valence-electron chi connectivity index (χ1n) is 7.15. The molecule has 4 N–H and O–H groups in total. The van der Waals surface area contributed by atoms with Crippen LogP contribution in [0.4, 0.5) is 11.6 Å². The summed E-state index contributed by atoms with van der Waals surface area (Å²) in [6.45, 7) is 8.91. The van der Waals surface area contributed by atoms with Crippen molar-refractivity contribution in [1.29, 1.82) is 0 Å². The fraction of sp³-hybridized carbons (Fsp3) is 0.375. The van der Waals surface area contributed by atoms with Crippen molar-refractivity contribution in [2.75, 3.05) is 10.7 Å². The van der Waals surface area contributed by atoms with E-state index >= 15 is 0 Å². The molecule has 2 rings (SSSR count). The van der Waals surface area contributed by atoms with Crippen LogP contribution in [0, 0.1) is 13.8 Å². The van der Waals surface area contributed by atoms with E-state index in [1.165, 1.54) is 11.1 Å². The molecule has 2 aromatic rings. The number of rotatable bonds is 5. The number of nitrogens with one attached hydrogen (secondary N) is 2. The van der Waals surface area contributed by atoms with Crippen LogP contribution in [0.1, 0.15) is 42.3 Å². The molecule has 1 aromatic heterocycles. The van der Waals surface area contributed by atoms with E-state index in [9.17, 15) is 0 Å². The van der Waals surface area contributed by atoms with Crippen LogP contribution in [-0.4, -0.2) is 9.97 Å². The molecule has 21 heavy (non-hydrogen) atoms. The molecule has 0 atom stereocenters. The van der Waals surface area contributed by atoms with Crippen LogP contribution in [0.2, 0.25) is 0 Å². The summed E-state index contributed by atoms with van der Waals surface area (Å²) in [5.74, 6) is 8.17. The van der Waals surface area contributed by atoms with Gasteiger partial charge in [0.25, 0.3) is 0 Å². The molecule has 5 heteroatoms. The lowest BCUT2D eigenvalue weighted by molar-refractivity contribution is 0.865. The number of aryl methyl sites for hydroxylation is 1. The SMILES string of the molecule is Cc1nc(NN)c(C)c(NCc2ccc(C(C)C)cc2)n1. The molecule has 5 nitrogen and oxygen atoms in total. The van der Waals surface area contributed by atoms with Gasteiger partial charge in [0.1, 0.15) is 17.5 Å². The van der Waals surface area contributed by atoms with Crippen molar-refractivity contribution in [3.05, 3.63) is 46.8 Å². The third-order valence-corrected chi connectivity index (χ3v) is 3.50. The van der Waals surface area contributed by atoms with E-state index in [0.29, 0.717) is 17.6 Å². The molecule has 0 fully saturated rings. The van der Waals surface area contributed by atoms with Gasteiger partial charge < -0.3 is 10.7 Å². The topological polar surface area (TPSA) is 75.9 Å². The molecule has 0 amide bonds. The quantitative estimate of drug-likeness (QED) is 0.581. The van der Waals surface area contributed by atoms with Crippen LogP contribution in [0.5, 0.6) is 0 Å². The van der Waals surface area contributed by atoms with Crippen LogP contribution in [0.3, 0.4) is 0 Å². The van der Waals surface area contributed by atoms with Crippen molar-refractivity contribution in [1.82, 2.24) is 9.97 Å². The van der Waals surface area contributed by atoms with Crippen LogP contribution in [0.25, 0.3) is 0 Å². The second kappa shape index (κ2) is 6.54. The lowest BCUT2D eigenvalue weighted by atomic mass is 10.0. The minimum atomic E-state index is 0.553. The van der Waals surface area contributed by atoms with Crippen molar-refractivity contribution in [3.8, 4) is 0 Å². The maximum atomic E-state index is 5.47. The first-order chi connectivity index (χ1) is 10.0. The molecule has 0 saturated carbocycles. The van der Waals surface area contributed by atoms with E-state index in [2.05, 4.69) is 58.8 Å². The molecule has 0 spiro atoms. The fourth-order valence-electron chi connectivity index (χ4n) is 2.15. The largest absolute Gasteiger partial charge is 0.366 e. The number of nitrogens with two attached hydrogens (primary N) is 1. The second-order valence-corrected chi connectivity index (χ2v) is 5.49. The maximum Gasteiger partial charge on any atom is 0.148 e. The van der Waals surface area contributed by atoms with Gasteiger partial charge in [-0.25, -0.2) is 15.8 Å². The van der Waals surface area contributed by atoms with E-state index in [-0.39, 0.29) is 0 Å². The summed E-state index contributed by atoms with van der Waals surface area (Å²) in [6, 6.07) is 8.64. The summed E-state index contributed by atoms with van der Waals surface area (Å²) < 4.78 is 0. The lowest BCUT2D eigenvalue weighted by Crippen LogP contribution is -2.14. The second-order valence-electron chi connectivity index (χ2n) is 5.49. The number of hydrazine groups is 1. The predicted octanol–water partition coefficient (Wildman–Crippen LogP) is 3.11. The minimum absolute atomic E-state index is 0.553. The first-order valence-corrected chi connectivity index (χ1v) is 7.15. The molecule has 0 aliphatic carbocycles. The van der Waals surface area contributed by atoms with Crippen LogP contribution in [-0.2, 0) is 6.54 Å². The molecule has 0 bridgehead atoms. The molecule has 0 aliphatic rings. The van der Waals surface area contributed by atoms with Crippen LogP contribution in [0.15, 0.2) is 24.3 Å². The molecule has 0 aliphatic heterocycles. The van der Waals surface area contributed by atoms with E-state index < -0.39 is 0 Å². The molecular weight excluding hydrogens is 262 g/mol. The average molecular weight is 285 g/mol. The highest BCUT2D eigenvalue weighted by atomic mass is 15.3. The normalized spacial score (nSPS) is 10.8. The van der Waals surface area contributed by atoms with E-state index in [1.807, 2.05) is 13.8 Å². The van der Waals surface area contributed by atoms with Gasteiger partial charge in [-0.3, -0.25) is 0 Å². The van der Waals surface area contributed by atoms with Crippen molar-refractivity contribution in [2.45, 2.75) is 40.2 Å². The summed E-state index contributed by atoms with van der Waals surface area (Å²) in [6.07, 6.45) is 0. The number of nitrogens with zero attached hydrogens (tertiary/aromatic N) is 2. The maximum absolute atomic E-state index is 5.47. The average Bonchev–Trinajstić information content (AvgIpc) is 2.48. The van der Waals surface area contributed by atoms with Gasteiger partial charge in [-0.15, -0.1) is 0 Å². The van der Waals surface area contributed by atoms with E-state index in [4.69, 9.17) is 5.84 Å². The molecule has 0 radical (unpaired) electrons. The number of hydrogen-bond donors (Lipinski definition) is 3. The van der Waals surface area contributed by atoms with Gasteiger partial charge in [-0.1, -0.05) is 38.1 Å². The molecule has 112 valence electrons. The third-order valence-electron chi connectivity index (χ3n) is 3.50. The predicted molar refractivity (Wildman–Crippen MR) is 87.2 cm³/mol. The fourth-order valence-corrected chi connectivity index (χ4v) is 2.15. The number of anilines is 2. The Morgan fingerprint density at radius 2 is 1.67 bits per heavy atom. The van der Waals surface area contributed by atoms with Gasteiger partial charge in [0.2, 0.25) is 0 Å². The Labute approximate surface area is 126 Å². The highest BCUT2D eigenvalue weighted by molar-refractivity contribution is 5.56. The summed E-state index contributed by atoms with van der Waals surface area (Å²) >= 11 is 0. The van der Waals surface area contributed by atoms with Crippen molar-refractivity contribution in [2.24, 2.45) is 5.84 Å². The zero-order chi connectivity index (χ0) is 15.4. The van der Waals surface area contributed by atoms with Gasteiger partial charge in [0.15, 0.2) is 0 Å². The molecule has 1 heterocycles.